The third-order valence-corrected chi connectivity index (χ3v) is 5.92. The molecule has 0 N–H and O–H groups in total. The van der Waals surface area contributed by atoms with Crippen molar-refractivity contribution in [1.29, 1.82) is 0 Å². The van der Waals surface area contributed by atoms with E-state index in [9.17, 15) is 9.59 Å². The van der Waals surface area contributed by atoms with E-state index >= 15 is 0 Å². The highest BCUT2D eigenvalue weighted by Crippen LogP contribution is 2.43. The summed E-state index contributed by atoms with van der Waals surface area (Å²) >= 11 is 0. The molecule has 194 valence electrons. The largest absolute Gasteiger partial charge is 0.493 e. The summed E-state index contributed by atoms with van der Waals surface area (Å²) in [4.78, 5) is 23.9. The predicted octanol–water partition coefficient (Wildman–Crippen LogP) is 3.59. The minimum Gasteiger partial charge on any atom is -0.493 e. The van der Waals surface area contributed by atoms with Crippen LogP contribution >= 0.6 is 0 Å². The predicted molar refractivity (Wildman–Crippen MR) is 126 cm³/mol. The number of carbonyl (C=O) groups excluding carboxylic acids is 2. The standard InChI is InChI=1S/C26H30O10/c1-15(27)35-19(7-5-17-9-21(29-3)25-23(11-17)31-13-33-25)20(36-16(2)28)8-6-18-10-22(30-4)26-24(12-18)32-14-34-26/h9-12,19-20H,5-8,13-14H2,1-4H3/t19-,20-/m1/s1. The van der Waals surface area contributed by atoms with Crippen molar-refractivity contribution in [1.82, 2.24) is 0 Å². The van der Waals surface area contributed by atoms with Crippen LogP contribution in [0.5, 0.6) is 34.5 Å². The Labute approximate surface area is 209 Å². The second-order valence-corrected chi connectivity index (χ2v) is 8.44. The quantitative estimate of drug-likeness (QED) is 0.423. The van der Waals surface area contributed by atoms with Crippen LogP contribution < -0.4 is 28.4 Å². The zero-order valence-corrected chi connectivity index (χ0v) is 20.8. The van der Waals surface area contributed by atoms with Crippen LogP contribution in [0.4, 0.5) is 0 Å². The van der Waals surface area contributed by atoms with Crippen molar-refractivity contribution in [2.24, 2.45) is 0 Å². The van der Waals surface area contributed by atoms with Gasteiger partial charge in [-0.05, 0) is 61.1 Å². The molecule has 2 aliphatic heterocycles. The van der Waals surface area contributed by atoms with E-state index in [2.05, 4.69) is 0 Å². The van der Waals surface area contributed by atoms with E-state index in [1.165, 1.54) is 13.8 Å². The SMILES string of the molecule is COc1cc(CC[C@@H](OC(C)=O)[C@@H](CCc2cc(OC)c3c(c2)OCO3)OC(C)=O)cc2c1OCO2. The van der Waals surface area contributed by atoms with Gasteiger partial charge in [0.1, 0.15) is 12.2 Å². The fraction of sp³-hybridized carbons (Fsp3) is 0.462. The Balaban J connectivity index is 1.50. The number of ether oxygens (including phenoxy) is 8. The summed E-state index contributed by atoms with van der Waals surface area (Å²) < 4.78 is 44.0. The molecule has 0 spiro atoms. The van der Waals surface area contributed by atoms with Gasteiger partial charge in [-0.25, -0.2) is 0 Å². The highest BCUT2D eigenvalue weighted by atomic mass is 16.7. The third-order valence-electron chi connectivity index (χ3n) is 5.92. The molecule has 2 aromatic rings. The minimum absolute atomic E-state index is 0.129. The fourth-order valence-corrected chi connectivity index (χ4v) is 4.34. The molecule has 2 aliphatic rings. The van der Waals surface area contributed by atoms with Gasteiger partial charge in [-0.2, -0.15) is 0 Å². The summed E-state index contributed by atoms with van der Waals surface area (Å²) in [5.41, 5.74) is 1.82. The number of esters is 2. The first-order valence-electron chi connectivity index (χ1n) is 11.7. The molecule has 0 bridgehead atoms. The lowest BCUT2D eigenvalue weighted by atomic mass is 9.97. The summed E-state index contributed by atoms with van der Waals surface area (Å²) in [6, 6.07) is 7.46. The molecular formula is C26H30O10. The lowest BCUT2D eigenvalue weighted by Crippen LogP contribution is -2.35. The number of hydrogen-bond acceptors (Lipinski definition) is 10. The van der Waals surface area contributed by atoms with E-state index in [1.807, 2.05) is 24.3 Å². The maximum absolute atomic E-state index is 11.9. The Hall–Kier alpha value is -3.82. The van der Waals surface area contributed by atoms with E-state index in [0.717, 1.165) is 11.1 Å². The van der Waals surface area contributed by atoms with Gasteiger partial charge in [-0.3, -0.25) is 9.59 Å². The van der Waals surface area contributed by atoms with Crippen molar-refractivity contribution in [3.05, 3.63) is 35.4 Å². The molecule has 0 amide bonds. The van der Waals surface area contributed by atoms with Crippen LogP contribution in [0.15, 0.2) is 24.3 Å². The highest BCUT2D eigenvalue weighted by Gasteiger charge is 2.29. The normalized spacial score (nSPS) is 14.7. The smallest absolute Gasteiger partial charge is 0.303 e. The van der Waals surface area contributed by atoms with E-state index < -0.39 is 24.1 Å². The number of hydrogen-bond donors (Lipinski definition) is 0. The maximum atomic E-state index is 11.9. The first-order valence-corrected chi connectivity index (χ1v) is 11.7. The zero-order chi connectivity index (χ0) is 25.7. The summed E-state index contributed by atoms with van der Waals surface area (Å²) in [7, 11) is 3.12. The molecule has 2 heterocycles. The van der Waals surface area contributed by atoms with Gasteiger partial charge in [0, 0.05) is 13.8 Å². The van der Waals surface area contributed by atoms with Gasteiger partial charge < -0.3 is 37.9 Å². The third kappa shape index (κ3) is 5.87. The number of fused-ring (bicyclic) bond motifs is 2. The fourth-order valence-electron chi connectivity index (χ4n) is 4.34. The molecule has 2 atom stereocenters. The van der Waals surface area contributed by atoms with Crippen LogP contribution in [-0.4, -0.2) is 52.0 Å². The summed E-state index contributed by atoms with van der Waals surface area (Å²) in [6.45, 7) is 2.93. The topological polar surface area (TPSA) is 108 Å². The molecule has 4 rings (SSSR count). The van der Waals surface area contributed by atoms with Crippen LogP contribution in [0.1, 0.15) is 37.8 Å². The van der Waals surface area contributed by atoms with Crippen molar-refractivity contribution in [2.45, 2.75) is 51.7 Å². The number of carbonyl (C=O) groups is 2. The summed E-state index contributed by atoms with van der Waals surface area (Å²) in [5.74, 6) is 2.55. The Morgan fingerprint density at radius 3 is 1.50 bits per heavy atom. The van der Waals surface area contributed by atoms with E-state index in [1.54, 1.807) is 14.2 Å². The first-order chi connectivity index (χ1) is 17.4. The average Bonchev–Trinajstić information content (AvgIpc) is 3.52. The second kappa shape index (κ2) is 11.3. The maximum Gasteiger partial charge on any atom is 0.303 e. The Bertz CT molecular complexity index is 1020. The average molecular weight is 503 g/mol. The van der Waals surface area contributed by atoms with Crippen molar-refractivity contribution in [3.8, 4) is 34.5 Å². The van der Waals surface area contributed by atoms with Gasteiger partial charge in [0.25, 0.3) is 0 Å². The number of methoxy groups -OCH3 is 2. The molecule has 0 unspecified atom stereocenters. The molecule has 2 aromatic carbocycles. The molecule has 0 radical (unpaired) electrons. The molecule has 10 heteroatoms. The van der Waals surface area contributed by atoms with Crippen molar-refractivity contribution in [2.75, 3.05) is 27.8 Å². The Morgan fingerprint density at radius 1 is 0.722 bits per heavy atom. The van der Waals surface area contributed by atoms with Gasteiger partial charge in [0.15, 0.2) is 23.0 Å². The molecule has 36 heavy (non-hydrogen) atoms. The van der Waals surface area contributed by atoms with Crippen LogP contribution in [0, 0.1) is 0 Å². The Morgan fingerprint density at radius 2 is 1.14 bits per heavy atom. The monoisotopic (exact) mass is 502 g/mol. The van der Waals surface area contributed by atoms with Crippen molar-refractivity contribution < 1.29 is 47.5 Å². The number of aryl methyl sites for hydroxylation is 2. The summed E-state index contributed by atoms with van der Waals surface area (Å²) in [5, 5.41) is 0. The van der Waals surface area contributed by atoms with E-state index in [-0.39, 0.29) is 13.6 Å². The molecule has 0 saturated heterocycles. The molecular weight excluding hydrogens is 472 g/mol. The lowest BCUT2D eigenvalue weighted by molar-refractivity contribution is -0.166. The zero-order valence-electron chi connectivity index (χ0n) is 20.8. The van der Waals surface area contributed by atoms with E-state index in [0.29, 0.717) is 60.2 Å². The van der Waals surface area contributed by atoms with Crippen LogP contribution in [0.25, 0.3) is 0 Å². The van der Waals surface area contributed by atoms with Gasteiger partial charge in [0.05, 0.1) is 14.2 Å². The van der Waals surface area contributed by atoms with E-state index in [4.69, 9.17) is 37.9 Å². The Kier molecular flexibility index (Phi) is 7.92. The lowest BCUT2D eigenvalue weighted by Gasteiger charge is -2.27. The molecule has 10 nitrogen and oxygen atoms in total. The molecule has 0 aliphatic carbocycles. The second-order valence-electron chi connectivity index (χ2n) is 8.44. The molecule has 0 aromatic heterocycles. The van der Waals surface area contributed by atoms with Crippen LogP contribution in [0.3, 0.4) is 0 Å². The summed E-state index contributed by atoms with van der Waals surface area (Å²) in [6.07, 6.45) is 0.592. The molecule has 0 saturated carbocycles. The van der Waals surface area contributed by atoms with Crippen LogP contribution in [-0.2, 0) is 31.9 Å². The van der Waals surface area contributed by atoms with Gasteiger partial charge in [0.2, 0.25) is 25.1 Å². The van der Waals surface area contributed by atoms with Gasteiger partial charge >= 0.3 is 11.9 Å². The van der Waals surface area contributed by atoms with Gasteiger partial charge in [-0.1, -0.05) is 0 Å². The van der Waals surface area contributed by atoms with Crippen molar-refractivity contribution in [3.63, 3.8) is 0 Å². The van der Waals surface area contributed by atoms with Crippen LogP contribution in [0.2, 0.25) is 0 Å². The number of benzene rings is 2. The first kappa shape index (κ1) is 25.3. The van der Waals surface area contributed by atoms with Gasteiger partial charge in [-0.15, -0.1) is 0 Å². The molecule has 0 fully saturated rings. The number of rotatable bonds is 11. The highest BCUT2D eigenvalue weighted by molar-refractivity contribution is 5.67. The van der Waals surface area contributed by atoms with Crippen molar-refractivity contribution >= 4 is 11.9 Å². The minimum atomic E-state index is -0.654.